The molecule has 0 spiro atoms. The number of para-hydroxylation sites is 6. The molecule has 1 aliphatic heterocycles. The molecule has 370 valence electrons. The van der Waals surface area contributed by atoms with Gasteiger partial charge in [-0.3, -0.25) is 0 Å². The zero-order valence-electron chi connectivity index (χ0n) is 42.0. The number of halogens is 3. The highest BCUT2D eigenvalue weighted by atomic mass is 127. The van der Waals surface area contributed by atoms with E-state index in [-0.39, 0.29) is 0 Å². The molecule has 15 rings (SSSR count). The summed E-state index contributed by atoms with van der Waals surface area (Å²) >= 11 is 9.19. The minimum absolute atomic E-state index is 0.441. The summed E-state index contributed by atoms with van der Waals surface area (Å²) < 4.78 is 34.3. The van der Waals surface area contributed by atoms with E-state index in [9.17, 15) is 0 Å². The second-order valence-electron chi connectivity index (χ2n) is 20.2. The summed E-state index contributed by atoms with van der Waals surface area (Å²) in [5.41, 5.74) is 12.7. The molecule has 1 aliphatic rings. The summed E-state index contributed by atoms with van der Waals surface area (Å²) in [5.74, 6) is 0. The molecule has 0 bridgehead atoms. The first kappa shape index (κ1) is 48.7. The molecule has 1 saturated heterocycles. The van der Waals surface area contributed by atoms with Crippen LogP contribution in [0.2, 0.25) is 0 Å². The van der Waals surface area contributed by atoms with Crippen LogP contribution in [0, 0.1) is 3.57 Å². The van der Waals surface area contributed by atoms with E-state index in [0.29, 0.717) is 0 Å². The molecule has 0 N–H and O–H groups in total. The van der Waals surface area contributed by atoms with Crippen molar-refractivity contribution in [3.05, 3.63) is 231 Å². The molecular formula is C66H48BBr2IN2O4. The van der Waals surface area contributed by atoms with Crippen molar-refractivity contribution in [3.8, 4) is 22.5 Å². The maximum atomic E-state index is 6.55. The number of benzene rings is 10. The second kappa shape index (κ2) is 19.3. The van der Waals surface area contributed by atoms with Gasteiger partial charge in [0.1, 0.15) is 22.3 Å². The summed E-state index contributed by atoms with van der Waals surface area (Å²) in [6.45, 7) is 8.34. The highest BCUT2D eigenvalue weighted by Crippen LogP contribution is 2.46. The maximum Gasteiger partial charge on any atom is 0.498 e. The molecule has 0 aliphatic carbocycles. The topological polar surface area (TPSA) is 54.6 Å². The van der Waals surface area contributed by atoms with Gasteiger partial charge in [-0.1, -0.05) is 153 Å². The minimum atomic E-state index is -0.522. The van der Waals surface area contributed by atoms with Crippen LogP contribution >= 0.6 is 54.5 Å². The molecule has 14 aromatic rings. The Labute approximate surface area is 470 Å². The van der Waals surface area contributed by atoms with Crippen LogP contribution in [-0.2, 0) is 9.31 Å². The molecule has 0 radical (unpaired) electrons. The summed E-state index contributed by atoms with van der Waals surface area (Å²) in [4.78, 5) is 0. The van der Waals surface area contributed by atoms with Gasteiger partial charge in [0.25, 0.3) is 0 Å². The van der Waals surface area contributed by atoms with Gasteiger partial charge in [0, 0.05) is 67.2 Å². The van der Waals surface area contributed by atoms with Gasteiger partial charge in [-0.15, -0.1) is 0 Å². The van der Waals surface area contributed by atoms with E-state index >= 15 is 0 Å². The number of hydrogen-bond acceptors (Lipinski definition) is 4. The third-order valence-electron chi connectivity index (χ3n) is 15.1. The van der Waals surface area contributed by atoms with E-state index < -0.39 is 18.3 Å². The minimum Gasteiger partial charge on any atom is -0.456 e. The van der Waals surface area contributed by atoms with E-state index in [2.05, 4.69) is 279 Å². The maximum absolute atomic E-state index is 6.55. The van der Waals surface area contributed by atoms with Crippen LogP contribution < -0.4 is 5.46 Å². The molecule has 10 heteroatoms. The highest BCUT2D eigenvalue weighted by Gasteiger charge is 2.52. The first-order valence-electron chi connectivity index (χ1n) is 25.3. The lowest BCUT2D eigenvalue weighted by molar-refractivity contribution is 0.00578. The Hall–Kier alpha value is -6.93. The van der Waals surface area contributed by atoms with E-state index in [1.807, 2.05) is 30.3 Å². The summed E-state index contributed by atoms with van der Waals surface area (Å²) in [6, 6.07) is 76.1. The lowest BCUT2D eigenvalue weighted by atomic mass is 9.77. The summed E-state index contributed by atoms with van der Waals surface area (Å²) in [5, 5.41) is 9.28. The van der Waals surface area contributed by atoms with Crippen molar-refractivity contribution in [2.75, 3.05) is 0 Å². The van der Waals surface area contributed by atoms with Gasteiger partial charge < -0.3 is 27.3 Å². The van der Waals surface area contributed by atoms with Gasteiger partial charge in [-0.25, -0.2) is 0 Å². The highest BCUT2D eigenvalue weighted by molar-refractivity contribution is 14.1. The van der Waals surface area contributed by atoms with Crippen molar-refractivity contribution in [2.24, 2.45) is 0 Å². The third-order valence-corrected chi connectivity index (χ3v) is 16.9. The van der Waals surface area contributed by atoms with Gasteiger partial charge in [-0.2, -0.15) is 0 Å². The average molecular weight is 1230 g/mol. The van der Waals surface area contributed by atoms with E-state index in [1.54, 1.807) is 0 Å². The van der Waals surface area contributed by atoms with Gasteiger partial charge in [0.05, 0.1) is 44.0 Å². The zero-order valence-corrected chi connectivity index (χ0v) is 47.4. The first-order valence-corrected chi connectivity index (χ1v) is 28.0. The van der Waals surface area contributed by atoms with Gasteiger partial charge in [-0.05, 0) is 153 Å². The SMILES string of the molecule is Brc1ccc(-c2cc3c4ccccc4n(-c4ccccc4)c3c3c2oc2ccccc23)cc1.Brc1ccc(I)cc1.CC1(C)OB(c2cc3c4ccccc4n(-c4ccccc4)c3c3c2oc2ccccc23)OC1(C)C. The molecule has 0 saturated carbocycles. The first-order chi connectivity index (χ1) is 36.9. The third kappa shape index (κ3) is 8.28. The van der Waals surface area contributed by atoms with Gasteiger partial charge >= 0.3 is 7.12 Å². The molecule has 10 aromatic carbocycles. The fourth-order valence-corrected chi connectivity index (χ4v) is 11.7. The van der Waals surface area contributed by atoms with Crippen LogP contribution in [0.25, 0.3) is 110 Å². The van der Waals surface area contributed by atoms with Crippen molar-refractivity contribution in [1.82, 2.24) is 9.13 Å². The van der Waals surface area contributed by atoms with Crippen molar-refractivity contribution in [2.45, 2.75) is 38.9 Å². The monoisotopic (exact) mass is 1230 g/mol. The van der Waals surface area contributed by atoms with Crippen molar-refractivity contribution in [1.29, 1.82) is 0 Å². The molecular weight excluding hydrogens is 1180 g/mol. The lowest BCUT2D eigenvalue weighted by Crippen LogP contribution is -2.41. The Kier molecular flexibility index (Phi) is 12.3. The molecule has 4 aromatic heterocycles. The predicted molar refractivity (Wildman–Crippen MR) is 332 cm³/mol. The van der Waals surface area contributed by atoms with Gasteiger partial charge in [0.15, 0.2) is 0 Å². The molecule has 0 unspecified atom stereocenters. The Morgan fingerprint density at radius 1 is 0.421 bits per heavy atom. The molecule has 0 amide bonds. The van der Waals surface area contributed by atoms with Crippen molar-refractivity contribution < 1.29 is 18.1 Å². The molecule has 5 heterocycles. The van der Waals surface area contributed by atoms with Crippen LogP contribution in [0.4, 0.5) is 0 Å². The average Bonchev–Trinajstić information content (AvgIpc) is 4.44. The number of fused-ring (bicyclic) bond motifs is 14. The fourth-order valence-electron chi connectivity index (χ4n) is 10.8. The number of hydrogen-bond donors (Lipinski definition) is 0. The smallest absolute Gasteiger partial charge is 0.456 e. The van der Waals surface area contributed by atoms with Crippen LogP contribution in [0.3, 0.4) is 0 Å². The largest absolute Gasteiger partial charge is 0.498 e. The zero-order chi connectivity index (χ0) is 51.9. The predicted octanol–water partition coefficient (Wildman–Crippen LogP) is 19.1. The number of nitrogens with zero attached hydrogens (tertiary/aromatic N) is 2. The van der Waals surface area contributed by atoms with Gasteiger partial charge in [0.2, 0.25) is 0 Å². The van der Waals surface area contributed by atoms with Crippen LogP contribution in [0.15, 0.2) is 236 Å². The van der Waals surface area contributed by atoms with Crippen LogP contribution in [0.1, 0.15) is 27.7 Å². The van der Waals surface area contributed by atoms with E-state index in [1.165, 1.54) is 30.8 Å². The molecule has 76 heavy (non-hydrogen) atoms. The van der Waals surface area contributed by atoms with Crippen molar-refractivity contribution >= 4 is 155 Å². The van der Waals surface area contributed by atoms with E-state index in [0.717, 1.165) is 97.2 Å². The number of aromatic nitrogens is 2. The number of rotatable bonds is 4. The molecule has 0 atom stereocenters. The Bertz CT molecular complexity index is 4470. The summed E-state index contributed by atoms with van der Waals surface area (Å²) in [6.07, 6.45) is 0. The van der Waals surface area contributed by atoms with E-state index in [4.69, 9.17) is 18.1 Å². The van der Waals surface area contributed by atoms with Crippen LogP contribution in [-0.4, -0.2) is 27.5 Å². The number of furan rings is 2. The summed E-state index contributed by atoms with van der Waals surface area (Å²) in [7, 11) is -0.522. The second-order valence-corrected chi connectivity index (χ2v) is 23.3. The Morgan fingerprint density at radius 3 is 1.33 bits per heavy atom. The normalized spacial score (nSPS) is 14.1. The quantitative estimate of drug-likeness (QED) is 0.130. The lowest BCUT2D eigenvalue weighted by Gasteiger charge is -2.32. The molecule has 1 fully saturated rings. The van der Waals surface area contributed by atoms with Crippen molar-refractivity contribution in [3.63, 3.8) is 0 Å². The van der Waals surface area contributed by atoms with Crippen LogP contribution in [0.5, 0.6) is 0 Å². The standard InChI is InChI=1S/C30H26BNO3.C30H18BrNO.C6H4BrI/c1-29(2)30(3,4)35-31(34-29)23-18-22-20-14-8-10-16-24(20)32(19-12-6-5-7-13-19)27(22)26-21-15-9-11-17-25(21)33-28(23)26;31-20-16-14-19(15-17-20)24-18-25-22-10-4-6-12-26(22)32(21-8-2-1-3-9-21)29(25)28-23-11-5-7-13-27(23)33-30(24)28;7-5-1-3-6(8)4-2-5/h5-18H,1-4H3;1-18H;1-4H. The Balaban J connectivity index is 0.000000127. The molecule has 6 nitrogen and oxygen atoms in total. The fraction of sp³-hybridized carbons (Fsp3) is 0.0909. The Morgan fingerprint density at radius 2 is 0.829 bits per heavy atom.